The summed E-state index contributed by atoms with van der Waals surface area (Å²) >= 11 is 0. The summed E-state index contributed by atoms with van der Waals surface area (Å²) in [5, 5.41) is 2.02. The zero-order valence-electron chi connectivity index (χ0n) is 16.3. The molecular weight excluding hydrogens is 373 g/mol. The Balaban J connectivity index is 1.71. The molecule has 1 saturated heterocycles. The highest BCUT2D eigenvalue weighted by Crippen LogP contribution is 2.71. The van der Waals surface area contributed by atoms with E-state index in [1.165, 1.54) is 11.1 Å². The van der Waals surface area contributed by atoms with Gasteiger partial charge in [0.05, 0.1) is 6.04 Å². The smallest absolute Gasteiger partial charge is 0.204 e. The zero-order valence-corrected chi connectivity index (χ0v) is 17.2. The minimum Gasteiger partial charge on any atom is -0.297 e. The van der Waals surface area contributed by atoms with Gasteiger partial charge < -0.3 is 0 Å². The molecule has 1 fully saturated rings. The van der Waals surface area contributed by atoms with Crippen molar-refractivity contribution in [3.63, 3.8) is 0 Å². The Morgan fingerprint density at radius 1 is 0.828 bits per heavy atom. The summed E-state index contributed by atoms with van der Waals surface area (Å²) in [6.45, 7) is 0.661. The van der Waals surface area contributed by atoms with E-state index in [1.54, 1.807) is 0 Å². The fourth-order valence-corrected chi connectivity index (χ4v) is 8.12. The molecule has 3 aromatic carbocycles. The molecule has 0 aromatic heterocycles. The van der Waals surface area contributed by atoms with Gasteiger partial charge in [0.15, 0.2) is 0 Å². The van der Waals surface area contributed by atoms with Gasteiger partial charge in [0.25, 0.3) is 0 Å². The number of nitrogens with zero attached hydrogens (tertiary/aromatic N) is 1. The number of hydrogen-bond donors (Lipinski definition) is 0. The van der Waals surface area contributed by atoms with Crippen LogP contribution in [-0.4, -0.2) is 4.67 Å². The molecule has 5 rings (SSSR count). The molecule has 144 valence electrons. The van der Waals surface area contributed by atoms with Gasteiger partial charge in [0, 0.05) is 23.1 Å². The average molecular weight is 397 g/mol. The molecule has 1 aliphatic heterocycles. The van der Waals surface area contributed by atoms with E-state index in [0.29, 0.717) is 6.54 Å². The molecule has 0 radical (unpaired) electrons. The molecule has 29 heavy (non-hydrogen) atoms. The Bertz CT molecular complexity index is 1090. The van der Waals surface area contributed by atoms with Crippen molar-refractivity contribution in [1.82, 2.24) is 4.67 Å². The minimum absolute atomic E-state index is 0.0604. The quantitative estimate of drug-likeness (QED) is 0.380. The van der Waals surface area contributed by atoms with Crippen LogP contribution in [0.25, 0.3) is 0 Å². The largest absolute Gasteiger partial charge is 0.297 e. The third kappa shape index (κ3) is 3.13. The van der Waals surface area contributed by atoms with Crippen LogP contribution in [0.2, 0.25) is 0 Å². The summed E-state index contributed by atoms with van der Waals surface area (Å²) in [7, 11) is -2.91. The van der Waals surface area contributed by atoms with Crippen molar-refractivity contribution >= 4 is 12.6 Å². The van der Waals surface area contributed by atoms with Crippen molar-refractivity contribution in [2.24, 2.45) is 5.92 Å². The Hall–Kier alpha value is -2.67. The Kier molecular flexibility index (Phi) is 4.83. The van der Waals surface area contributed by atoms with Crippen molar-refractivity contribution in [3.8, 4) is 0 Å². The van der Waals surface area contributed by atoms with Crippen LogP contribution in [0.1, 0.15) is 23.6 Å². The third-order valence-electron chi connectivity index (χ3n) is 5.96. The average Bonchev–Trinajstić information content (AvgIpc) is 3.05. The van der Waals surface area contributed by atoms with Crippen LogP contribution < -0.4 is 5.30 Å². The lowest BCUT2D eigenvalue weighted by Crippen LogP contribution is -2.25. The molecule has 2 aliphatic rings. The van der Waals surface area contributed by atoms with Crippen LogP contribution in [0.15, 0.2) is 115 Å². The summed E-state index contributed by atoms with van der Waals surface area (Å²) in [6, 6.07) is 31.1. The van der Waals surface area contributed by atoms with E-state index in [4.69, 9.17) is 0 Å². The fourth-order valence-electron chi connectivity index (χ4n) is 4.68. The van der Waals surface area contributed by atoms with E-state index in [1.807, 2.05) is 42.5 Å². The SMILES string of the molecule is O=P1(c2ccccc2)C2=CCC=C[C@@H]2[C@@H](c2ccccc2)N1Cc1ccccc1. The molecule has 0 saturated carbocycles. The molecule has 0 bridgehead atoms. The molecular formula is C26H24NOP. The summed E-state index contributed by atoms with van der Waals surface area (Å²) in [5.41, 5.74) is 2.41. The zero-order chi connectivity index (χ0) is 19.7. The highest BCUT2D eigenvalue weighted by molar-refractivity contribution is 7.73. The van der Waals surface area contributed by atoms with Crippen LogP contribution >= 0.6 is 7.29 Å². The first-order chi connectivity index (χ1) is 14.3. The van der Waals surface area contributed by atoms with Crippen LogP contribution in [0.4, 0.5) is 0 Å². The van der Waals surface area contributed by atoms with Gasteiger partial charge in [-0.05, 0) is 29.7 Å². The lowest BCUT2D eigenvalue weighted by molar-refractivity contribution is 0.315. The van der Waals surface area contributed by atoms with E-state index in [2.05, 4.69) is 71.4 Å². The van der Waals surface area contributed by atoms with E-state index in [0.717, 1.165) is 17.0 Å². The normalized spacial score (nSPS) is 26.1. The molecule has 1 unspecified atom stereocenters. The first-order valence-corrected chi connectivity index (χ1v) is 11.8. The molecule has 3 atom stereocenters. The Labute approximate surface area is 172 Å². The second-order valence-electron chi connectivity index (χ2n) is 7.67. The predicted molar refractivity (Wildman–Crippen MR) is 120 cm³/mol. The third-order valence-corrected chi connectivity index (χ3v) is 9.25. The van der Waals surface area contributed by atoms with E-state index < -0.39 is 7.29 Å². The standard InChI is InChI=1S/C26H24NOP/c28-29(23-16-8-3-9-17-23)25-19-11-10-18-24(25)26(22-14-6-2-7-15-22)27(29)20-21-12-4-1-5-13-21/h1-10,12-19,24,26H,11,20H2/t24-,26+,29?/m0/s1. The van der Waals surface area contributed by atoms with Crippen LogP contribution in [-0.2, 0) is 11.1 Å². The Morgan fingerprint density at radius 3 is 2.14 bits per heavy atom. The van der Waals surface area contributed by atoms with Crippen molar-refractivity contribution in [2.45, 2.75) is 19.0 Å². The molecule has 0 spiro atoms. The molecule has 1 heterocycles. The molecule has 1 aliphatic carbocycles. The van der Waals surface area contributed by atoms with Crippen molar-refractivity contribution in [2.75, 3.05) is 0 Å². The minimum atomic E-state index is -2.91. The second kappa shape index (κ2) is 7.63. The first kappa shape index (κ1) is 18.4. The molecule has 3 aromatic rings. The maximum Gasteiger partial charge on any atom is 0.204 e. The van der Waals surface area contributed by atoms with Crippen molar-refractivity contribution in [1.29, 1.82) is 0 Å². The van der Waals surface area contributed by atoms with Gasteiger partial charge in [-0.3, -0.25) is 4.57 Å². The topological polar surface area (TPSA) is 20.3 Å². The second-order valence-corrected chi connectivity index (χ2v) is 10.4. The highest BCUT2D eigenvalue weighted by atomic mass is 31.2. The summed E-state index contributed by atoms with van der Waals surface area (Å²) in [4.78, 5) is 0. The lowest BCUT2D eigenvalue weighted by Gasteiger charge is -2.31. The van der Waals surface area contributed by atoms with Gasteiger partial charge in [-0.2, -0.15) is 0 Å². The summed E-state index contributed by atoms with van der Waals surface area (Å²) < 4.78 is 17.2. The van der Waals surface area contributed by atoms with E-state index in [9.17, 15) is 4.57 Å². The van der Waals surface area contributed by atoms with Gasteiger partial charge in [-0.1, -0.05) is 97.1 Å². The monoisotopic (exact) mass is 397 g/mol. The number of fused-ring (bicyclic) bond motifs is 1. The van der Waals surface area contributed by atoms with Gasteiger partial charge in [0.1, 0.15) is 0 Å². The summed E-state index contributed by atoms with van der Waals surface area (Å²) in [5.74, 6) is 0.140. The van der Waals surface area contributed by atoms with Crippen LogP contribution in [0.5, 0.6) is 0 Å². The number of allylic oxidation sites excluding steroid dienone is 2. The fraction of sp³-hybridized carbons (Fsp3) is 0.154. The highest BCUT2D eigenvalue weighted by Gasteiger charge is 2.53. The van der Waals surface area contributed by atoms with E-state index in [-0.39, 0.29) is 12.0 Å². The maximum atomic E-state index is 14.9. The molecule has 0 amide bonds. The van der Waals surface area contributed by atoms with Crippen molar-refractivity contribution in [3.05, 3.63) is 126 Å². The number of rotatable bonds is 4. The van der Waals surface area contributed by atoms with Crippen LogP contribution in [0, 0.1) is 5.92 Å². The predicted octanol–water partition coefficient (Wildman–Crippen LogP) is 6.31. The first-order valence-electron chi connectivity index (χ1n) is 10.2. The van der Waals surface area contributed by atoms with Gasteiger partial charge in [0.2, 0.25) is 7.29 Å². The van der Waals surface area contributed by atoms with Gasteiger partial charge in [-0.15, -0.1) is 0 Å². The molecule has 3 heteroatoms. The molecule has 2 nitrogen and oxygen atoms in total. The number of hydrogen-bond acceptors (Lipinski definition) is 1. The Morgan fingerprint density at radius 2 is 1.45 bits per heavy atom. The van der Waals surface area contributed by atoms with Gasteiger partial charge >= 0.3 is 0 Å². The van der Waals surface area contributed by atoms with E-state index >= 15 is 0 Å². The summed E-state index contributed by atoms with van der Waals surface area (Å²) in [6.07, 6.45) is 7.54. The lowest BCUT2D eigenvalue weighted by atomic mass is 9.89. The number of benzene rings is 3. The molecule has 0 N–H and O–H groups in total. The van der Waals surface area contributed by atoms with Crippen molar-refractivity contribution < 1.29 is 4.57 Å². The maximum absolute atomic E-state index is 14.9. The van der Waals surface area contributed by atoms with Gasteiger partial charge in [-0.25, -0.2) is 4.67 Å². The van der Waals surface area contributed by atoms with Crippen LogP contribution in [0.3, 0.4) is 0 Å².